The van der Waals surface area contributed by atoms with Gasteiger partial charge in [0, 0.05) is 39.2 Å². The minimum Gasteiger partial charge on any atom is -0.324 e. The van der Waals surface area contributed by atoms with Crippen LogP contribution < -0.4 is 28.7 Å². The predicted octanol–water partition coefficient (Wildman–Crippen LogP) is 12.7. The number of hydrogen-bond donors (Lipinski definition) is 5. The summed E-state index contributed by atoms with van der Waals surface area (Å²) < 4.78 is 39.2. The van der Waals surface area contributed by atoms with E-state index >= 15 is 0 Å². The van der Waals surface area contributed by atoms with Gasteiger partial charge in [-0.15, -0.1) is 0 Å². The summed E-state index contributed by atoms with van der Waals surface area (Å²) >= 11 is 18.3. The van der Waals surface area contributed by atoms with E-state index in [9.17, 15) is 13.2 Å². The first-order valence-corrected chi connectivity index (χ1v) is 19.4. The molecule has 0 fully saturated rings. The average Bonchev–Trinajstić information content (AvgIpc) is 3.10. The number of benzene rings is 5. The lowest BCUT2D eigenvalue weighted by Crippen LogP contribution is -2.14. The first kappa shape index (κ1) is 49.2. The zero-order chi connectivity index (χ0) is 41.2. The Bertz CT molecular complexity index is 1790. The summed E-state index contributed by atoms with van der Waals surface area (Å²) in [5.74, 6) is 0. The van der Waals surface area contributed by atoms with Crippen molar-refractivity contribution in [3.8, 4) is 0 Å². The van der Waals surface area contributed by atoms with E-state index in [-0.39, 0.29) is 29.7 Å². The van der Waals surface area contributed by atoms with Crippen molar-refractivity contribution in [2.45, 2.75) is 77.9 Å². The summed E-state index contributed by atoms with van der Waals surface area (Å²) in [5.41, 5.74) is 33.4. The highest BCUT2D eigenvalue weighted by Gasteiger charge is 2.33. The van der Waals surface area contributed by atoms with Crippen LogP contribution in [0.15, 0.2) is 124 Å². The lowest BCUT2D eigenvalue weighted by molar-refractivity contribution is -0.138. The molecule has 12 heteroatoms. The van der Waals surface area contributed by atoms with Crippen LogP contribution in [-0.2, 0) is 6.18 Å². The Morgan fingerprint density at radius 1 is 0.500 bits per heavy atom. The smallest absolute Gasteiger partial charge is 0.324 e. The minimum absolute atomic E-state index is 0.00441. The summed E-state index contributed by atoms with van der Waals surface area (Å²) in [4.78, 5) is 0. The van der Waals surface area contributed by atoms with E-state index in [0.717, 1.165) is 31.7 Å². The van der Waals surface area contributed by atoms with E-state index in [1.54, 1.807) is 18.2 Å². The largest absolute Gasteiger partial charge is 0.416 e. The Hall–Kier alpha value is -2.77. The fourth-order valence-electron chi connectivity index (χ4n) is 4.54. The highest BCUT2D eigenvalue weighted by Crippen LogP contribution is 2.33. The molecule has 0 aliphatic rings. The van der Waals surface area contributed by atoms with Crippen LogP contribution in [0.2, 0.25) is 10.0 Å². The minimum atomic E-state index is -4.32. The lowest BCUT2D eigenvalue weighted by atomic mass is 10.0. The molecule has 294 valence electrons. The van der Waals surface area contributed by atoms with Crippen molar-refractivity contribution >= 4 is 55.1 Å². The van der Waals surface area contributed by atoms with Crippen molar-refractivity contribution < 1.29 is 13.2 Å². The van der Waals surface area contributed by atoms with Gasteiger partial charge < -0.3 is 28.7 Å². The van der Waals surface area contributed by atoms with Gasteiger partial charge in [0.05, 0.1) is 15.6 Å². The van der Waals surface area contributed by atoms with Gasteiger partial charge in [-0.25, -0.2) is 0 Å². The van der Waals surface area contributed by atoms with E-state index in [0.29, 0.717) is 10.0 Å². The molecule has 0 aliphatic heterocycles. The molecule has 0 saturated heterocycles. The zero-order valence-corrected chi connectivity index (χ0v) is 36.1. The summed E-state index contributed by atoms with van der Waals surface area (Å²) in [6, 6.07) is 34.9. The molecule has 5 rings (SSSR count). The molecule has 5 aromatic rings. The van der Waals surface area contributed by atoms with Gasteiger partial charge in [0.25, 0.3) is 0 Å². The monoisotopic (exact) mass is 911 g/mol. The van der Waals surface area contributed by atoms with Crippen molar-refractivity contribution in [1.82, 2.24) is 0 Å². The molecule has 0 radical (unpaired) electrons. The molecule has 0 amide bonds. The third-order valence-electron chi connectivity index (χ3n) is 7.56. The van der Waals surface area contributed by atoms with Crippen molar-refractivity contribution in [2.75, 3.05) is 0 Å². The first-order chi connectivity index (χ1) is 25.1. The number of aryl methyl sites for hydroxylation is 1. The van der Waals surface area contributed by atoms with Crippen LogP contribution in [-0.4, -0.2) is 0 Å². The van der Waals surface area contributed by atoms with E-state index in [4.69, 9.17) is 51.9 Å². The fourth-order valence-corrected chi connectivity index (χ4v) is 5.90. The highest BCUT2D eigenvalue weighted by atomic mass is 79.9. The molecule has 0 aliphatic carbocycles. The standard InChI is InChI=1S/C9H10F3N.C9H13N.2C8H10BrN.C8H9Cl2N/c1-6(13)7-4-2-3-5-8(7)9(10,11)12;1-7-4-3-5-9(6-7)8(2)10;1-6(10)7-3-2-4-8(9)5-7;1-6(10)7-4-2-3-5-8(7)9;1-5(11)6-2-3-7(9)8(10)4-6/h2-6H,13H2,1H3;3-6,8H,10H2,1-2H3;2*2-6H,10H2,1H3;2-5H,11H2,1H3. The SMILES string of the molecule is CC(N)c1ccc(Cl)c(Cl)c1.CC(N)c1cccc(Br)c1.CC(N)c1ccccc1Br.CC(N)c1ccccc1C(F)(F)F.Cc1cccc(C(C)N)c1. The van der Waals surface area contributed by atoms with Gasteiger partial charge in [-0.3, -0.25) is 0 Å². The van der Waals surface area contributed by atoms with Gasteiger partial charge in [-0.1, -0.05) is 139 Å². The normalized spacial score (nSPS) is 13.4. The quantitative estimate of drug-likeness (QED) is 0.120. The van der Waals surface area contributed by atoms with Gasteiger partial charge in [-0.05, 0) is 106 Å². The maximum atomic E-state index is 12.4. The van der Waals surface area contributed by atoms with Crippen molar-refractivity contribution in [3.05, 3.63) is 173 Å². The summed E-state index contributed by atoms with van der Waals surface area (Å²) in [7, 11) is 0. The molecule has 0 spiro atoms. The molecule has 5 nitrogen and oxygen atoms in total. The van der Waals surface area contributed by atoms with Crippen LogP contribution in [0, 0.1) is 6.92 Å². The number of hydrogen-bond acceptors (Lipinski definition) is 5. The number of nitrogens with two attached hydrogens (primary N) is 5. The molecule has 5 unspecified atom stereocenters. The first-order valence-electron chi connectivity index (χ1n) is 17.1. The molecule has 0 aromatic heterocycles. The predicted molar refractivity (Wildman–Crippen MR) is 230 cm³/mol. The molecule has 54 heavy (non-hydrogen) atoms. The van der Waals surface area contributed by atoms with Crippen LogP contribution in [0.5, 0.6) is 0 Å². The summed E-state index contributed by atoms with van der Waals surface area (Å²) in [6.07, 6.45) is -4.32. The zero-order valence-electron chi connectivity index (χ0n) is 31.4. The third-order valence-corrected chi connectivity index (χ3v) is 9.52. The van der Waals surface area contributed by atoms with Crippen LogP contribution in [0.25, 0.3) is 0 Å². The van der Waals surface area contributed by atoms with Crippen LogP contribution in [0.3, 0.4) is 0 Å². The van der Waals surface area contributed by atoms with Crippen LogP contribution in [0.4, 0.5) is 13.2 Å². The summed E-state index contributed by atoms with van der Waals surface area (Å²) in [6.45, 7) is 11.5. The lowest BCUT2D eigenvalue weighted by Gasteiger charge is -2.14. The Morgan fingerprint density at radius 2 is 0.963 bits per heavy atom. The van der Waals surface area contributed by atoms with Crippen molar-refractivity contribution in [2.24, 2.45) is 28.7 Å². The highest BCUT2D eigenvalue weighted by molar-refractivity contribution is 9.10. The Balaban J connectivity index is 0.000000339. The van der Waals surface area contributed by atoms with Gasteiger partial charge in [0.1, 0.15) is 0 Å². The van der Waals surface area contributed by atoms with Gasteiger partial charge in [0.15, 0.2) is 0 Å². The van der Waals surface area contributed by atoms with Gasteiger partial charge >= 0.3 is 6.18 Å². The summed E-state index contributed by atoms with van der Waals surface area (Å²) in [5, 5.41) is 1.12. The molecular weight excluding hydrogens is 862 g/mol. The topological polar surface area (TPSA) is 130 Å². The number of rotatable bonds is 5. The van der Waals surface area contributed by atoms with Gasteiger partial charge in [0.2, 0.25) is 0 Å². The van der Waals surface area contributed by atoms with Crippen molar-refractivity contribution in [3.63, 3.8) is 0 Å². The number of halogens is 7. The molecule has 5 atom stereocenters. The Morgan fingerprint density at radius 3 is 1.33 bits per heavy atom. The maximum absolute atomic E-state index is 12.4. The molecule has 0 bridgehead atoms. The van der Waals surface area contributed by atoms with Crippen molar-refractivity contribution in [1.29, 1.82) is 0 Å². The molecule has 0 heterocycles. The molecule has 5 aromatic carbocycles. The second-order valence-electron chi connectivity index (χ2n) is 12.7. The van der Waals surface area contributed by atoms with E-state index in [2.05, 4.69) is 57.0 Å². The van der Waals surface area contributed by atoms with Crippen LogP contribution >= 0.6 is 55.1 Å². The number of alkyl halides is 3. The average molecular weight is 915 g/mol. The van der Waals surface area contributed by atoms with E-state index < -0.39 is 17.8 Å². The maximum Gasteiger partial charge on any atom is 0.416 e. The molecule has 10 N–H and O–H groups in total. The van der Waals surface area contributed by atoms with E-state index in [1.807, 2.05) is 88.4 Å². The molecular formula is C42H52Br2Cl2F3N5. The second-order valence-corrected chi connectivity index (χ2v) is 15.3. The second kappa shape index (κ2) is 24.7. The van der Waals surface area contributed by atoms with Crippen LogP contribution in [0.1, 0.15) is 104 Å². The van der Waals surface area contributed by atoms with E-state index in [1.165, 1.54) is 30.2 Å². The Kier molecular flexibility index (Phi) is 22.5. The third kappa shape index (κ3) is 18.7. The Labute approximate surface area is 346 Å². The molecule has 0 saturated carbocycles. The fraction of sp³-hybridized carbons (Fsp3) is 0.286. The van der Waals surface area contributed by atoms with Gasteiger partial charge in [-0.2, -0.15) is 13.2 Å².